The predicted octanol–water partition coefficient (Wildman–Crippen LogP) is 2.05. The van der Waals surface area contributed by atoms with Gasteiger partial charge in [-0.2, -0.15) is 4.98 Å². The number of amides is 4. The molecule has 1 aliphatic rings. The lowest BCUT2D eigenvalue weighted by atomic mass is 10.1. The van der Waals surface area contributed by atoms with E-state index < -0.39 is 12.1 Å². The lowest BCUT2D eigenvalue weighted by Gasteiger charge is -2.15. The molecule has 2 aromatic carbocycles. The smallest absolute Gasteiger partial charge is 0.329 e. The number of carbonyl (C=O) groups excluding carboxylic acids is 3. The van der Waals surface area contributed by atoms with Gasteiger partial charge in [-0.1, -0.05) is 41.6 Å². The van der Waals surface area contributed by atoms with Crippen LogP contribution in [0.25, 0.3) is 10.8 Å². The zero-order valence-corrected chi connectivity index (χ0v) is 15.7. The fraction of sp³-hybridized carbons (Fsp3) is 0.250. The maximum atomic E-state index is 12.8. The van der Waals surface area contributed by atoms with Crippen LogP contribution in [-0.2, 0) is 16.1 Å². The lowest BCUT2D eigenvalue weighted by molar-refractivity contribution is -0.122. The summed E-state index contributed by atoms with van der Waals surface area (Å²) in [5, 5.41) is 10.7. The minimum absolute atomic E-state index is 0.0766. The fourth-order valence-corrected chi connectivity index (χ4v) is 3.31. The zero-order chi connectivity index (χ0) is 20.4. The Hall–Kier alpha value is -3.75. The normalized spacial score (nSPS) is 16.3. The van der Waals surface area contributed by atoms with Crippen LogP contribution in [0.2, 0.25) is 0 Å². The summed E-state index contributed by atoms with van der Waals surface area (Å²) >= 11 is 0. The quantitative estimate of drug-likeness (QED) is 0.619. The summed E-state index contributed by atoms with van der Waals surface area (Å²) in [4.78, 5) is 42.5. The average molecular weight is 393 g/mol. The molecule has 0 bridgehead atoms. The van der Waals surface area contributed by atoms with Crippen molar-refractivity contribution in [3.8, 4) is 0 Å². The molecule has 4 amide bonds. The SMILES string of the molecule is Cc1noc(CNC(=O)CCC2NC(=O)N(c3cccc4ccccc34)C2=O)n1. The zero-order valence-electron chi connectivity index (χ0n) is 15.7. The van der Waals surface area contributed by atoms with Gasteiger partial charge in [-0.05, 0) is 24.8 Å². The maximum Gasteiger partial charge on any atom is 0.329 e. The van der Waals surface area contributed by atoms with E-state index in [1.54, 1.807) is 19.1 Å². The van der Waals surface area contributed by atoms with Crippen molar-refractivity contribution in [1.29, 1.82) is 0 Å². The van der Waals surface area contributed by atoms with E-state index in [0.717, 1.165) is 15.7 Å². The number of benzene rings is 2. The Balaban J connectivity index is 1.40. The number of imide groups is 1. The summed E-state index contributed by atoms with van der Waals surface area (Å²) < 4.78 is 4.93. The molecule has 1 aromatic heterocycles. The highest BCUT2D eigenvalue weighted by atomic mass is 16.5. The van der Waals surface area contributed by atoms with Crippen LogP contribution in [0.4, 0.5) is 10.5 Å². The molecule has 1 unspecified atom stereocenters. The van der Waals surface area contributed by atoms with Crippen molar-refractivity contribution in [1.82, 2.24) is 20.8 Å². The molecule has 3 aromatic rings. The Labute approximate surface area is 166 Å². The van der Waals surface area contributed by atoms with Crippen LogP contribution in [0.15, 0.2) is 47.0 Å². The standard InChI is InChI=1S/C20H19N5O4/c1-12-22-18(29-24-12)11-21-17(26)10-9-15-19(27)25(20(28)23-15)16-8-4-6-13-5-2-3-7-14(13)16/h2-8,15H,9-11H2,1H3,(H,21,26)(H,23,28). The van der Waals surface area contributed by atoms with Crippen LogP contribution in [0.5, 0.6) is 0 Å². The van der Waals surface area contributed by atoms with Crippen molar-refractivity contribution in [2.75, 3.05) is 4.90 Å². The highest BCUT2D eigenvalue weighted by Gasteiger charge is 2.39. The number of carbonyl (C=O) groups is 3. The fourth-order valence-electron chi connectivity index (χ4n) is 3.31. The van der Waals surface area contributed by atoms with Crippen LogP contribution >= 0.6 is 0 Å². The molecule has 0 spiro atoms. The average Bonchev–Trinajstić information content (AvgIpc) is 3.26. The van der Waals surface area contributed by atoms with Gasteiger partial charge in [0.15, 0.2) is 5.82 Å². The number of rotatable bonds is 6. The van der Waals surface area contributed by atoms with E-state index in [-0.39, 0.29) is 31.2 Å². The number of hydrogen-bond acceptors (Lipinski definition) is 6. The van der Waals surface area contributed by atoms with Gasteiger partial charge in [0.1, 0.15) is 6.04 Å². The Bertz CT molecular complexity index is 1090. The minimum atomic E-state index is -0.752. The first-order valence-corrected chi connectivity index (χ1v) is 9.21. The first-order valence-electron chi connectivity index (χ1n) is 9.21. The van der Waals surface area contributed by atoms with Crippen molar-refractivity contribution in [3.63, 3.8) is 0 Å². The molecule has 148 valence electrons. The van der Waals surface area contributed by atoms with Crippen LogP contribution in [0.1, 0.15) is 24.6 Å². The van der Waals surface area contributed by atoms with Crippen molar-refractivity contribution < 1.29 is 18.9 Å². The van der Waals surface area contributed by atoms with E-state index in [4.69, 9.17) is 4.52 Å². The van der Waals surface area contributed by atoms with E-state index >= 15 is 0 Å². The second kappa shape index (κ2) is 7.70. The Morgan fingerprint density at radius 1 is 1.21 bits per heavy atom. The molecule has 0 radical (unpaired) electrons. The number of fused-ring (bicyclic) bond motifs is 1. The number of nitrogens with zero attached hydrogens (tertiary/aromatic N) is 3. The topological polar surface area (TPSA) is 117 Å². The molecule has 1 fully saturated rings. The third-order valence-electron chi connectivity index (χ3n) is 4.69. The van der Waals surface area contributed by atoms with E-state index in [2.05, 4.69) is 20.8 Å². The van der Waals surface area contributed by atoms with Crippen LogP contribution in [-0.4, -0.2) is 34.0 Å². The molecule has 4 rings (SSSR count). The van der Waals surface area contributed by atoms with Gasteiger partial charge in [-0.3, -0.25) is 9.59 Å². The molecule has 9 heteroatoms. The minimum Gasteiger partial charge on any atom is -0.347 e. The van der Waals surface area contributed by atoms with Crippen molar-refractivity contribution >= 4 is 34.3 Å². The first kappa shape index (κ1) is 18.6. The largest absolute Gasteiger partial charge is 0.347 e. The van der Waals surface area contributed by atoms with Gasteiger partial charge in [0.2, 0.25) is 11.8 Å². The number of nitrogens with one attached hydrogen (secondary N) is 2. The van der Waals surface area contributed by atoms with Crippen molar-refractivity contribution in [3.05, 3.63) is 54.2 Å². The number of hydrogen-bond donors (Lipinski definition) is 2. The van der Waals surface area contributed by atoms with Gasteiger partial charge in [-0.25, -0.2) is 9.69 Å². The number of aromatic nitrogens is 2. The van der Waals surface area contributed by atoms with Crippen molar-refractivity contribution in [2.24, 2.45) is 0 Å². The second-order valence-corrected chi connectivity index (χ2v) is 6.72. The monoisotopic (exact) mass is 393 g/mol. The van der Waals surface area contributed by atoms with Crippen molar-refractivity contribution in [2.45, 2.75) is 32.4 Å². The van der Waals surface area contributed by atoms with E-state index in [0.29, 0.717) is 17.4 Å². The molecule has 2 N–H and O–H groups in total. The van der Waals surface area contributed by atoms with Gasteiger partial charge in [0.25, 0.3) is 5.91 Å². The van der Waals surface area contributed by atoms with E-state index in [9.17, 15) is 14.4 Å². The number of urea groups is 1. The summed E-state index contributed by atoms with van der Waals surface area (Å²) in [7, 11) is 0. The van der Waals surface area contributed by atoms with Gasteiger partial charge < -0.3 is 15.2 Å². The first-order chi connectivity index (χ1) is 14.0. The molecule has 0 aliphatic carbocycles. The molecule has 1 aliphatic heterocycles. The highest BCUT2D eigenvalue weighted by Crippen LogP contribution is 2.29. The van der Waals surface area contributed by atoms with Gasteiger partial charge >= 0.3 is 6.03 Å². The molecule has 9 nitrogen and oxygen atoms in total. The molecule has 1 saturated heterocycles. The van der Waals surface area contributed by atoms with E-state index in [1.807, 2.05) is 30.3 Å². The summed E-state index contributed by atoms with van der Waals surface area (Å²) in [5.41, 5.74) is 0.532. The van der Waals surface area contributed by atoms with Gasteiger partial charge in [-0.15, -0.1) is 0 Å². The van der Waals surface area contributed by atoms with Gasteiger partial charge in [0, 0.05) is 11.8 Å². The summed E-state index contributed by atoms with van der Waals surface area (Å²) in [5.74, 6) is 0.156. The van der Waals surface area contributed by atoms with E-state index in [1.165, 1.54) is 0 Å². The third-order valence-corrected chi connectivity index (χ3v) is 4.69. The lowest BCUT2D eigenvalue weighted by Crippen LogP contribution is -2.32. The van der Waals surface area contributed by atoms with Crippen LogP contribution in [0, 0.1) is 6.92 Å². The highest BCUT2D eigenvalue weighted by molar-refractivity contribution is 6.24. The Kier molecular flexibility index (Phi) is 4.94. The molecule has 1 atom stereocenters. The summed E-state index contributed by atoms with van der Waals surface area (Å²) in [6.07, 6.45) is 0.272. The number of anilines is 1. The van der Waals surface area contributed by atoms with Gasteiger partial charge in [0.05, 0.1) is 12.2 Å². The molecule has 2 heterocycles. The molecule has 29 heavy (non-hydrogen) atoms. The summed E-state index contributed by atoms with van der Waals surface area (Å²) in [6.45, 7) is 1.80. The van der Waals surface area contributed by atoms with Crippen LogP contribution < -0.4 is 15.5 Å². The molecule has 0 saturated carbocycles. The maximum absolute atomic E-state index is 12.8. The molecular formula is C20H19N5O4. The Morgan fingerprint density at radius 3 is 2.79 bits per heavy atom. The van der Waals surface area contributed by atoms with Crippen LogP contribution in [0.3, 0.4) is 0 Å². The second-order valence-electron chi connectivity index (χ2n) is 6.72. The number of aryl methyl sites for hydroxylation is 1. The predicted molar refractivity (Wildman–Crippen MR) is 104 cm³/mol. The summed E-state index contributed by atoms with van der Waals surface area (Å²) in [6, 6.07) is 11.8. The molecular weight excluding hydrogens is 374 g/mol. The Morgan fingerprint density at radius 2 is 2.00 bits per heavy atom. The third kappa shape index (κ3) is 3.79.